The molecule has 1 amide bonds. The Morgan fingerprint density at radius 3 is 3.00 bits per heavy atom. The summed E-state index contributed by atoms with van der Waals surface area (Å²) in [6.07, 6.45) is 1.52. The fourth-order valence-corrected chi connectivity index (χ4v) is 2.66. The summed E-state index contributed by atoms with van der Waals surface area (Å²) in [7, 11) is 0. The van der Waals surface area contributed by atoms with Crippen molar-refractivity contribution in [2.75, 3.05) is 5.32 Å². The van der Waals surface area contributed by atoms with E-state index in [0.29, 0.717) is 26.1 Å². The number of carbonyl (C=O) groups is 1. The van der Waals surface area contributed by atoms with Crippen LogP contribution in [0.2, 0.25) is 5.02 Å². The second-order valence-electron chi connectivity index (χ2n) is 3.82. The van der Waals surface area contributed by atoms with Crippen LogP contribution >= 0.6 is 22.9 Å². The number of aromatic nitrogens is 2. The first-order valence-corrected chi connectivity index (χ1v) is 6.52. The smallest absolute Gasteiger partial charge is 0.273 e. The summed E-state index contributed by atoms with van der Waals surface area (Å²) in [6.45, 7) is 0. The first-order valence-electron chi connectivity index (χ1n) is 5.33. The number of hydrogen-bond donors (Lipinski definition) is 2. The van der Waals surface area contributed by atoms with Gasteiger partial charge in [0.25, 0.3) is 5.91 Å². The molecule has 0 unspecified atom stereocenters. The number of nitrogens with one attached hydrogen (secondary N) is 2. The summed E-state index contributed by atoms with van der Waals surface area (Å²) < 4.78 is 13.7. The highest BCUT2D eigenvalue weighted by atomic mass is 35.5. The second kappa shape index (κ2) is 4.64. The Bertz CT molecular complexity index is 767. The van der Waals surface area contributed by atoms with E-state index in [-0.39, 0.29) is 11.7 Å². The third-order valence-corrected chi connectivity index (χ3v) is 3.62. The van der Waals surface area contributed by atoms with Gasteiger partial charge in [0.05, 0.1) is 15.2 Å². The number of H-pyrrole nitrogens is 1. The van der Waals surface area contributed by atoms with Crippen LogP contribution in [0, 0.1) is 5.82 Å². The fourth-order valence-electron chi connectivity index (χ4n) is 1.62. The van der Waals surface area contributed by atoms with Gasteiger partial charge in [0.15, 0.2) is 5.13 Å². The van der Waals surface area contributed by atoms with E-state index in [9.17, 15) is 9.18 Å². The van der Waals surface area contributed by atoms with Gasteiger partial charge >= 0.3 is 0 Å². The molecular formula is C12H7ClFN3OS. The monoisotopic (exact) mass is 295 g/mol. The molecule has 3 aromatic rings. The Kier molecular flexibility index (Phi) is 2.96. The molecule has 4 nitrogen and oxygen atoms in total. The van der Waals surface area contributed by atoms with Gasteiger partial charge in [-0.15, -0.1) is 0 Å². The Morgan fingerprint density at radius 2 is 2.26 bits per heavy atom. The minimum absolute atomic E-state index is 0.329. The summed E-state index contributed by atoms with van der Waals surface area (Å²) in [4.78, 5) is 18.8. The Hall–Kier alpha value is -1.92. The third kappa shape index (κ3) is 2.45. The van der Waals surface area contributed by atoms with Crippen molar-refractivity contribution < 1.29 is 9.18 Å². The molecule has 19 heavy (non-hydrogen) atoms. The first-order chi connectivity index (χ1) is 9.11. The largest absolute Gasteiger partial charge is 0.356 e. The van der Waals surface area contributed by atoms with Crippen LogP contribution in [-0.2, 0) is 0 Å². The molecule has 0 aliphatic heterocycles. The van der Waals surface area contributed by atoms with E-state index in [0.717, 1.165) is 0 Å². The van der Waals surface area contributed by atoms with Gasteiger partial charge < -0.3 is 4.98 Å². The van der Waals surface area contributed by atoms with Crippen molar-refractivity contribution in [3.63, 3.8) is 0 Å². The number of halogens is 2. The maximum Gasteiger partial charge on any atom is 0.273 e. The van der Waals surface area contributed by atoms with E-state index in [1.54, 1.807) is 6.07 Å². The number of rotatable bonds is 2. The van der Waals surface area contributed by atoms with Crippen molar-refractivity contribution in [3.05, 3.63) is 47.0 Å². The van der Waals surface area contributed by atoms with Crippen molar-refractivity contribution in [1.82, 2.24) is 9.97 Å². The van der Waals surface area contributed by atoms with Crippen molar-refractivity contribution in [2.24, 2.45) is 0 Å². The molecule has 96 valence electrons. The summed E-state index contributed by atoms with van der Waals surface area (Å²) in [5.41, 5.74) is 0.988. The van der Waals surface area contributed by atoms with Crippen molar-refractivity contribution >= 4 is 44.2 Å². The van der Waals surface area contributed by atoms with Gasteiger partial charge in [0.1, 0.15) is 11.5 Å². The molecule has 0 saturated heterocycles. The zero-order chi connectivity index (χ0) is 13.4. The third-order valence-electron chi connectivity index (χ3n) is 2.46. The maximum atomic E-state index is 13.0. The van der Waals surface area contributed by atoms with Gasteiger partial charge in [-0.2, -0.15) is 0 Å². The molecule has 0 spiro atoms. The zero-order valence-corrected chi connectivity index (χ0v) is 11.0. The Labute approximate surface area is 116 Å². The highest BCUT2D eigenvalue weighted by Gasteiger charge is 2.11. The summed E-state index contributed by atoms with van der Waals surface area (Å²) in [5.74, 6) is -0.670. The van der Waals surface area contributed by atoms with E-state index in [2.05, 4.69) is 15.3 Å². The highest BCUT2D eigenvalue weighted by molar-refractivity contribution is 7.22. The van der Waals surface area contributed by atoms with Crippen LogP contribution in [0.3, 0.4) is 0 Å². The fraction of sp³-hybridized carbons (Fsp3) is 0. The van der Waals surface area contributed by atoms with Gasteiger partial charge in [-0.1, -0.05) is 22.9 Å². The number of thiazole rings is 1. The van der Waals surface area contributed by atoms with Crippen LogP contribution in [0.15, 0.2) is 30.5 Å². The average Bonchev–Trinajstić information content (AvgIpc) is 2.94. The molecule has 0 atom stereocenters. The topological polar surface area (TPSA) is 57.8 Å². The first kappa shape index (κ1) is 12.1. The zero-order valence-electron chi connectivity index (χ0n) is 9.41. The summed E-state index contributed by atoms with van der Waals surface area (Å²) in [5, 5.41) is 3.50. The lowest BCUT2D eigenvalue weighted by Gasteiger charge is -1.97. The minimum atomic E-state index is -0.341. The number of aromatic amines is 1. The van der Waals surface area contributed by atoms with Crippen LogP contribution in [0.4, 0.5) is 9.52 Å². The standard InChI is InChI=1S/C12H7ClFN3OS/c13-6-3-9(15-5-6)11(18)17-12-16-8-2-1-7(14)4-10(8)19-12/h1-5,15H,(H,16,17,18). The Balaban J connectivity index is 1.87. The van der Waals surface area contributed by atoms with Gasteiger partial charge in [0, 0.05) is 6.20 Å². The molecule has 1 aromatic carbocycles. The molecular weight excluding hydrogens is 289 g/mol. The van der Waals surface area contributed by atoms with E-state index in [4.69, 9.17) is 11.6 Å². The molecule has 0 fully saturated rings. The van der Waals surface area contributed by atoms with E-state index in [1.165, 1.54) is 35.7 Å². The maximum absolute atomic E-state index is 13.0. The number of carbonyl (C=O) groups excluding carboxylic acids is 1. The number of hydrogen-bond acceptors (Lipinski definition) is 3. The van der Waals surface area contributed by atoms with Crippen molar-refractivity contribution in [2.45, 2.75) is 0 Å². The van der Waals surface area contributed by atoms with Gasteiger partial charge in [-0.25, -0.2) is 9.37 Å². The Morgan fingerprint density at radius 1 is 1.42 bits per heavy atom. The molecule has 0 bridgehead atoms. The van der Waals surface area contributed by atoms with Crippen LogP contribution in [-0.4, -0.2) is 15.9 Å². The molecule has 2 N–H and O–H groups in total. The predicted molar refractivity (Wildman–Crippen MR) is 73.3 cm³/mol. The quantitative estimate of drug-likeness (QED) is 0.758. The normalized spacial score (nSPS) is 10.8. The van der Waals surface area contributed by atoms with Crippen molar-refractivity contribution in [1.29, 1.82) is 0 Å². The second-order valence-corrected chi connectivity index (χ2v) is 5.28. The number of fused-ring (bicyclic) bond motifs is 1. The molecule has 2 heterocycles. The number of nitrogens with zero attached hydrogens (tertiary/aromatic N) is 1. The lowest BCUT2D eigenvalue weighted by molar-refractivity contribution is 0.102. The number of benzene rings is 1. The van der Waals surface area contributed by atoms with Crippen LogP contribution in [0.25, 0.3) is 10.2 Å². The van der Waals surface area contributed by atoms with Crippen LogP contribution in [0.1, 0.15) is 10.5 Å². The number of anilines is 1. The molecule has 7 heteroatoms. The molecule has 0 aliphatic carbocycles. The summed E-state index contributed by atoms with van der Waals surface area (Å²) in [6, 6.07) is 5.80. The molecule has 0 radical (unpaired) electrons. The van der Waals surface area contributed by atoms with Crippen LogP contribution < -0.4 is 5.32 Å². The summed E-state index contributed by atoms with van der Waals surface area (Å²) >= 11 is 6.93. The minimum Gasteiger partial charge on any atom is -0.356 e. The van der Waals surface area contributed by atoms with Crippen molar-refractivity contribution in [3.8, 4) is 0 Å². The molecule has 0 aliphatic rings. The molecule has 2 aromatic heterocycles. The van der Waals surface area contributed by atoms with E-state index < -0.39 is 0 Å². The van der Waals surface area contributed by atoms with Gasteiger partial charge in [-0.3, -0.25) is 10.1 Å². The number of amides is 1. The predicted octanol–water partition coefficient (Wildman–Crippen LogP) is 3.67. The average molecular weight is 296 g/mol. The van der Waals surface area contributed by atoms with E-state index >= 15 is 0 Å². The van der Waals surface area contributed by atoms with Crippen LogP contribution in [0.5, 0.6) is 0 Å². The lowest BCUT2D eigenvalue weighted by Crippen LogP contribution is -2.11. The van der Waals surface area contributed by atoms with Gasteiger partial charge in [0.2, 0.25) is 0 Å². The lowest BCUT2D eigenvalue weighted by atomic mass is 10.3. The van der Waals surface area contributed by atoms with E-state index in [1.807, 2.05) is 0 Å². The molecule has 0 saturated carbocycles. The van der Waals surface area contributed by atoms with Gasteiger partial charge in [-0.05, 0) is 24.3 Å². The molecule has 3 rings (SSSR count). The highest BCUT2D eigenvalue weighted by Crippen LogP contribution is 2.26. The SMILES string of the molecule is O=C(Nc1nc2ccc(F)cc2s1)c1cc(Cl)c[nH]1.